The molecule has 0 bridgehead atoms. The summed E-state index contributed by atoms with van der Waals surface area (Å²) in [6.45, 7) is 10.00. The Balaban J connectivity index is 5.04. The molecule has 5 heteroatoms. The van der Waals surface area contributed by atoms with Crippen molar-refractivity contribution >= 4 is 15.7 Å². The molecule has 0 fully saturated rings. The molecule has 0 saturated carbocycles. The van der Waals surface area contributed by atoms with Gasteiger partial charge in [0, 0.05) is 20.0 Å². The van der Waals surface area contributed by atoms with Crippen LogP contribution in [0, 0.1) is 0 Å². The SMILES string of the molecule is CCCCC(CCCC)(CCCC)P(C)OP(C)(=O)O. The van der Waals surface area contributed by atoms with Crippen LogP contribution in [-0.2, 0) is 8.88 Å². The summed E-state index contributed by atoms with van der Waals surface area (Å²) in [5, 5.41) is 0.131. The van der Waals surface area contributed by atoms with E-state index in [4.69, 9.17) is 4.31 Å². The lowest BCUT2D eigenvalue weighted by Gasteiger charge is -2.39. The molecule has 0 aromatic rings. The molecule has 1 N–H and O–H groups in total. The average molecular weight is 324 g/mol. The van der Waals surface area contributed by atoms with Crippen LogP contribution in [0.15, 0.2) is 0 Å². The van der Waals surface area contributed by atoms with Crippen LogP contribution in [0.5, 0.6) is 0 Å². The summed E-state index contributed by atoms with van der Waals surface area (Å²) in [5.41, 5.74) is 0. The van der Waals surface area contributed by atoms with E-state index in [9.17, 15) is 9.46 Å². The molecule has 0 aromatic heterocycles. The highest BCUT2D eigenvalue weighted by atomic mass is 31.2. The Morgan fingerprint density at radius 1 is 1.00 bits per heavy atom. The second-order valence-electron chi connectivity index (χ2n) is 5.92. The van der Waals surface area contributed by atoms with E-state index in [-0.39, 0.29) is 5.16 Å². The summed E-state index contributed by atoms with van der Waals surface area (Å²) in [7, 11) is -4.25. The van der Waals surface area contributed by atoms with Gasteiger partial charge in [0.1, 0.15) is 0 Å². The van der Waals surface area contributed by atoms with E-state index in [0.29, 0.717) is 0 Å². The summed E-state index contributed by atoms with van der Waals surface area (Å²) < 4.78 is 17.2. The van der Waals surface area contributed by atoms with Gasteiger partial charge < -0.3 is 4.89 Å². The van der Waals surface area contributed by atoms with Crippen molar-refractivity contribution in [2.45, 2.75) is 83.7 Å². The number of hydrogen-bond donors (Lipinski definition) is 1. The van der Waals surface area contributed by atoms with Gasteiger partial charge in [-0.15, -0.1) is 0 Å². The number of hydrogen-bond acceptors (Lipinski definition) is 2. The Bertz CT molecular complexity index is 267. The van der Waals surface area contributed by atoms with Crippen LogP contribution in [0.1, 0.15) is 78.6 Å². The first-order chi connectivity index (χ1) is 9.31. The van der Waals surface area contributed by atoms with E-state index in [1.54, 1.807) is 0 Å². The maximum Gasteiger partial charge on any atom is 0.328 e. The van der Waals surface area contributed by atoms with Gasteiger partial charge in [-0.25, -0.2) is 0 Å². The quantitative estimate of drug-likeness (QED) is 0.438. The van der Waals surface area contributed by atoms with Crippen LogP contribution in [0.2, 0.25) is 0 Å². The molecule has 20 heavy (non-hydrogen) atoms. The van der Waals surface area contributed by atoms with Crippen LogP contribution in [-0.4, -0.2) is 23.4 Å². The van der Waals surface area contributed by atoms with Crippen molar-refractivity contribution < 1.29 is 13.8 Å². The molecule has 0 aromatic carbocycles. The Hall–Kier alpha value is 0.580. The van der Waals surface area contributed by atoms with Crippen molar-refractivity contribution in [1.29, 1.82) is 0 Å². The molecule has 2 unspecified atom stereocenters. The van der Waals surface area contributed by atoms with E-state index in [1.165, 1.54) is 45.2 Å². The first kappa shape index (κ1) is 20.6. The average Bonchev–Trinajstić information content (AvgIpc) is 2.36. The van der Waals surface area contributed by atoms with Crippen molar-refractivity contribution in [3.05, 3.63) is 0 Å². The van der Waals surface area contributed by atoms with Crippen LogP contribution in [0.4, 0.5) is 0 Å². The van der Waals surface area contributed by atoms with Crippen LogP contribution in [0.3, 0.4) is 0 Å². The van der Waals surface area contributed by atoms with Gasteiger partial charge in [0.15, 0.2) is 0 Å². The van der Waals surface area contributed by atoms with Gasteiger partial charge in [-0.1, -0.05) is 59.3 Å². The second kappa shape index (κ2) is 10.3. The third kappa shape index (κ3) is 8.13. The zero-order chi connectivity index (χ0) is 15.6. The van der Waals surface area contributed by atoms with Crippen molar-refractivity contribution in [1.82, 2.24) is 0 Å². The van der Waals surface area contributed by atoms with E-state index in [1.807, 2.05) is 0 Å². The second-order valence-corrected chi connectivity index (χ2v) is 10.1. The number of unbranched alkanes of at least 4 members (excludes halogenated alkanes) is 3. The van der Waals surface area contributed by atoms with E-state index in [2.05, 4.69) is 27.4 Å². The van der Waals surface area contributed by atoms with Gasteiger partial charge in [-0.05, 0) is 25.9 Å². The largest absolute Gasteiger partial charge is 0.328 e. The molecule has 0 rings (SSSR count). The van der Waals surface area contributed by atoms with Crippen molar-refractivity contribution in [2.75, 3.05) is 13.3 Å². The standard InChI is InChI=1S/C15H34O3P2/c1-6-9-12-15(13-10-7-2,14-11-8-3)19(4)18-20(5,16)17/h6-14H2,1-5H3,(H,16,17). The van der Waals surface area contributed by atoms with Gasteiger partial charge in [0.25, 0.3) is 0 Å². The van der Waals surface area contributed by atoms with Crippen LogP contribution < -0.4 is 0 Å². The van der Waals surface area contributed by atoms with Gasteiger partial charge in [-0.3, -0.25) is 8.88 Å². The fraction of sp³-hybridized carbons (Fsp3) is 1.00. The van der Waals surface area contributed by atoms with Gasteiger partial charge in [-0.2, -0.15) is 0 Å². The van der Waals surface area contributed by atoms with E-state index >= 15 is 0 Å². The predicted molar refractivity (Wildman–Crippen MR) is 91.0 cm³/mol. The maximum absolute atomic E-state index is 11.6. The normalized spacial score (nSPS) is 16.9. The third-order valence-corrected chi connectivity index (χ3v) is 8.13. The summed E-state index contributed by atoms with van der Waals surface area (Å²) in [4.78, 5) is 9.58. The highest BCUT2D eigenvalue weighted by Crippen LogP contribution is 2.63. The molecule has 0 radical (unpaired) electrons. The van der Waals surface area contributed by atoms with Gasteiger partial charge in [0.05, 0.1) is 0 Å². The van der Waals surface area contributed by atoms with E-state index < -0.39 is 15.7 Å². The Morgan fingerprint density at radius 2 is 1.35 bits per heavy atom. The predicted octanol–water partition coefficient (Wildman–Crippen LogP) is 6.15. The molecule has 0 aliphatic heterocycles. The summed E-state index contributed by atoms with van der Waals surface area (Å²) >= 11 is 0. The minimum Gasteiger partial charge on any atom is -0.324 e. The topological polar surface area (TPSA) is 46.5 Å². The van der Waals surface area contributed by atoms with Crippen molar-refractivity contribution in [3.63, 3.8) is 0 Å². The molecule has 122 valence electrons. The molecule has 3 nitrogen and oxygen atoms in total. The minimum absolute atomic E-state index is 0.131. The van der Waals surface area contributed by atoms with Crippen LogP contribution >= 0.6 is 15.7 Å². The summed E-state index contributed by atoms with van der Waals surface area (Å²) in [6.07, 6.45) is 10.5. The molecule has 0 amide bonds. The number of rotatable bonds is 12. The van der Waals surface area contributed by atoms with Crippen LogP contribution in [0.25, 0.3) is 0 Å². The van der Waals surface area contributed by atoms with Crippen molar-refractivity contribution in [3.8, 4) is 0 Å². The molecule has 0 spiro atoms. The van der Waals surface area contributed by atoms with Gasteiger partial charge >= 0.3 is 7.60 Å². The first-order valence-electron chi connectivity index (χ1n) is 8.05. The summed E-state index contributed by atoms with van der Waals surface area (Å²) in [5.74, 6) is 0. The Labute approximate surface area is 127 Å². The zero-order valence-electron chi connectivity index (χ0n) is 14.0. The smallest absolute Gasteiger partial charge is 0.324 e. The monoisotopic (exact) mass is 324 g/mol. The molecule has 2 atom stereocenters. The first-order valence-corrected chi connectivity index (χ1v) is 11.8. The lowest BCUT2D eigenvalue weighted by Crippen LogP contribution is -2.27. The highest BCUT2D eigenvalue weighted by Gasteiger charge is 2.38. The minimum atomic E-state index is -3.39. The van der Waals surface area contributed by atoms with Gasteiger partial charge in [0.2, 0.25) is 0 Å². The molecule has 0 aliphatic carbocycles. The fourth-order valence-corrected chi connectivity index (χ4v) is 6.61. The lowest BCUT2D eigenvalue weighted by molar-refractivity contribution is 0.366. The molecular formula is C15H34O3P2. The lowest BCUT2D eigenvalue weighted by atomic mass is 9.90. The highest BCUT2D eigenvalue weighted by molar-refractivity contribution is 7.66. The Morgan fingerprint density at radius 3 is 1.60 bits per heavy atom. The zero-order valence-corrected chi connectivity index (χ0v) is 15.8. The third-order valence-electron chi connectivity index (χ3n) is 3.93. The maximum atomic E-state index is 11.6. The van der Waals surface area contributed by atoms with E-state index in [0.717, 1.165) is 19.3 Å². The fourth-order valence-electron chi connectivity index (χ4n) is 2.68. The molecule has 0 heterocycles. The summed E-state index contributed by atoms with van der Waals surface area (Å²) in [6, 6.07) is 0. The molecule has 0 saturated heterocycles. The Kier molecular flexibility index (Phi) is 10.6. The molecular weight excluding hydrogens is 290 g/mol. The molecule has 0 aliphatic rings. The van der Waals surface area contributed by atoms with Crippen molar-refractivity contribution in [2.24, 2.45) is 0 Å².